The molecule has 0 spiro atoms. The van der Waals surface area contributed by atoms with E-state index in [1.165, 1.54) is 12.8 Å². The molecule has 0 heterocycles. The van der Waals surface area contributed by atoms with Crippen molar-refractivity contribution >= 4 is 0 Å². The topological polar surface area (TPSA) is 19.9 Å². The average Bonchev–Trinajstić information content (AvgIpc) is 1.98. The van der Waals surface area contributed by atoms with Crippen LogP contribution in [0.25, 0.3) is 0 Å². The van der Waals surface area contributed by atoms with E-state index in [9.17, 15) is 5.11 Å². The van der Waals surface area contributed by atoms with Crippen LogP contribution in [0.5, 0.6) is 0 Å². The van der Waals surface area contributed by atoms with Gasteiger partial charge in [-0.15, -0.1) is 0 Å². The van der Waals surface area contributed by atoms with Crippen LogP contribution in [0.3, 0.4) is 0 Å². The maximum Gasteiger partial charge on any atom is 0.0850 e. The first kappa shape index (κ1) is 9.96. The Hall–Kier alpha value is -0.0400. The average molecular weight is 143 g/mol. The molecule has 0 aromatic heterocycles. The largest absolute Gasteiger partial charge is 0.236 e. The van der Waals surface area contributed by atoms with Gasteiger partial charge in [0.25, 0.3) is 0 Å². The summed E-state index contributed by atoms with van der Waals surface area (Å²) in [4.78, 5) is 0. The lowest BCUT2D eigenvalue weighted by atomic mass is 9.98. The number of rotatable bonds is 6. The highest BCUT2D eigenvalue weighted by atomic mass is 16.3. The highest BCUT2D eigenvalue weighted by molar-refractivity contribution is 4.55. The highest BCUT2D eigenvalue weighted by Gasteiger charge is 2.04. The van der Waals surface area contributed by atoms with Gasteiger partial charge in [0.2, 0.25) is 0 Å². The van der Waals surface area contributed by atoms with Crippen LogP contribution in [0.4, 0.5) is 0 Å². The van der Waals surface area contributed by atoms with E-state index in [-0.39, 0.29) is 6.61 Å². The van der Waals surface area contributed by atoms with E-state index in [2.05, 4.69) is 13.8 Å². The number of hydrogen-bond donors (Lipinski definition) is 0. The van der Waals surface area contributed by atoms with Crippen LogP contribution in [0.15, 0.2) is 0 Å². The first-order chi connectivity index (χ1) is 4.85. The van der Waals surface area contributed by atoms with Crippen molar-refractivity contribution in [1.82, 2.24) is 0 Å². The molecular formula is C9H19O. The number of hydrogen-bond acceptors (Lipinski definition) is 0. The summed E-state index contributed by atoms with van der Waals surface area (Å²) < 4.78 is 0. The molecule has 1 nitrogen and oxygen atoms in total. The normalized spacial score (nSPS) is 13.5. The van der Waals surface area contributed by atoms with E-state index in [1.54, 1.807) is 0 Å². The predicted octanol–water partition coefficient (Wildman–Crippen LogP) is 3.02. The Labute approximate surface area is 64.5 Å². The fourth-order valence-corrected chi connectivity index (χ4v) is 1.21. The van der Waals surface area contributed by atoms with Crippen molar-refractivity contribution in [3.63, 3.8) is 0 Å². The molecule has 0 aliphatic rings. The molecule has 1 radical (unpaired) electrons. The molecule has 61 valence electrons. The zero-order chi connectivity index (χ0) is 7.82. The summed E-state index contributed by atoms with van der Waals surface area (Å²) >= 11 is 0. The van der Waals surface area contributed by atoms with E-state index in [0.717, 1.165) is 19.3 Å². The van der Waals surface area contributed by atoms with Crippen LogP contribution in [0.2, 0.25) is 0 Å². The van der Waals surface area contributed by atoms with Gasteiger partial charge in [0.15, 0.2) is 0 Å². The molecule has 0 bridgehead atoms. The Morgan fingerprint density at radius 2 is 1.80 bits per heavy atom. The van der Waals surface area contributed by atoms with Gasteiger partial charge in [-0.05, 0) is 18.8 Å². The fraction of sp³-hybridized carbons (Fsp3) is 1.00. The van der Waals surface area contributed by atoms with E-state index >= 15 is 0 Å². The third-order valence-corrected chi connectivity index (χ3v) is 1.90. The van der Waals surface area contributed by atoms with Gasteiger partial charge >= 0.3 is 0 Å². The monoisotopic (exact) mass is 143 g/mol. The molecule has 0 aromatic carbocycles. The van der Waals surface area contributed by atoms with E-state index in [4.69, 9.17) is 0 Å². The van der Waals surface area contributed by atoms with Crippen LogP contribution in [0, 0.1) is 5.92 Å². The molecular weight excluding hydrogens is 124 g/mol. The molecule has 0 fully saturated rings. The van der Waals surface area contributed by atoms with E-state index < -0.39 is 0 Å². The Bertz CT molecular complexity index is 61.7. The molecule has 0 rings (SSSR count). The van der Waals surface area contributed by atoms with Crippen molar-refractivity contribution < 1.29 is 5.11 Å². The molecule has 0 amide bonds. The van der Waals surface area contributed by atoms with Crippen molar-refractivity contribution in [1.29, 1.82) is 0 Å². The van der Waals surface area contributed by atoms with Gasteiger partial charge in [-0.1, -0.05) is 33.1 Å². The van der Waals surface area contributed by atoms with Gasteiger partial charge in [0.1, 0.15) is 0 Å². The molecule has 1 heteroatoms. The minimum Gasteiger partial charge on any atom is -0.236 e. The second-order valence-corrected chi connectivity index (χ2v) is 2.96. The van der Waals surface area contributed by atoms with Crippen molar-refractivity contribution in [3.8, 4) is 0 Å². The summed E-state index contributed by atoms with van der Waals surface area (Å²) in [6, 6.07) is 0. The molecule has 1 atom stereocenters. The third kappa shape index (κ3) is 4.80. The van der Waals surface area contributed by atoms with Crippen molar-refractivity contribution in [2.24, 2.45) is 5.92 Å². The highest BCUT2D eigenvalue weighted by Crippen LogP contribution is 2.13. The summed E-state index contributed by atoms with van der Waals surface area (Å²) in [6.45, 7) is 4.45. The summed E-state index contributed by atoms with van der Waals surface area (Å²) in [5, 5.41) is 10.5. The Morgan fingerprint density at radius 1 is 1.10 bits per heavy atom. The Balaban J connectivity index is 3.21. The lowest BCUT2D eigenvalue weighted by Gasteiger charge is -2.09. The molecule has 0 aliphatic heterocycles. The SMILES string of the molecule is CCCCC(C[O])CCC. The Kier molecular flexibility index (Phi) is 7.04. The van der Waals surface area contributed by atoms with Gasteiger partial charge in [0, 0.05) is 0 Å². The van der Waals surface area contributed by atoms with Crippen LogP contribution in [-0.2, 0) is 5.11 Å². The summed E-state index contributed by atoms with van der Waals surface area (Å²) in [7, 11) is 0. The fourth-order valence-electron chi connectivity index (χ4n) is 1.21. The molecule has 0 saturated carbocycles. The molecule has 0 aliphatic carbocycles. The summed E-state index contributed by atoms with van der Waals surface area (Å²) in [5.74, 6) is 0.463. The third-order valence-electron chi connectivity index (χ3n) is 1.90. The van der Waals surface area contributed by atoms with Crippen molar-refractivity contribution in [2.45, 2.75) is 46.0 Å². The zero-order valence-corrected chi connectivity index (χ0v) is 7.23. The molecule has 0 aromatic rings. The van der Waals surface area contributed by atoms with Gasteiger partial charge in [0.05, 0.1) is 6.61 Å². The second kappa shape index (κ2) is 7.07. The number of unbranched alkanes of at least 4 members (excludes halogenated alkanes) is 1. The van der Waals surface area contributed by atoms with Crippen LogP contribution >= 0.6 is 0 Å². The van der Waals surface area contributed by atoms with Gasteiger partial charge in [-0.25, -0.2) is 5.11 Å². The maximum absolute atomic E-state index is 10.5. The first-order valence-corrected chi connectivity index (χ1v) is 4.43. The summed E-state index contributed by atoms with van der Waals surface area (Å²) in [6.07, 6.45) is 5.89. The molecule has 1 unspecified atom stereocenters. The first-order valence-electron chi connectivity index (χ1n) is 4.43. The van der Waals surface area contributed by atoms with Crippen LogP contribution < -0.4 is 0 Å². The molecule has 0 N–H and O–H groups in total. The van der Waals surface area contributed by atoms with E-state index in [1.807, 2.05) is 0 Å². The summed E-state index contributed by atoms with van der Waals surface area (Å²) in [5.41, 5.74) is 0. The van der Waals surface area contributed by atoms with Gasteiger partial charge in [-0.2, -0.15) is 0 Å². The Morgan fingerprint density at radius 3 is 2.20 bits per heavy atom. The predicted molar refractivity (Wildman–Crippen MR) is 43.5 cm³/mol. The van der Waals surface area contributed by atoms with Crippen LogP contribution in [0.1, 0.15) is 46.0 Å². The molecule has 10 heavy (non-hydrogen) atoms. The van der Waals surface area contributed by atoms with Crippen molar-refractivity contribution in [3.05, 3.63) is 0 Å². The van der Waals surface area contributed by atoms with E-state index in [0.29, 0.717) is 5.92 Å². The van der Waals surface area contributed by atoms with Crippen LogP contribution in [-0.4, -0.2) is 6.61 Å². The maximum atomic E-state index is 10.5. The minimum absolute atomic E-state index is 0.133. The molecule has 0 saturated heterocycles. The smallest absolute Gasteiger partial charge is 0.0850 e. The quantitative estimate of drug-likeness (QED) is 0.544. The zero-order valence-electron chi connectivity index (χ0n) is 7.23. The second-order valence-electron chi connectivity index (χ2n) is 2.96. The minimum atomic E-state index is 0.133. The van der Waals surface area contributed by atoms with Gasteiger partial charge in [-0.3, -0.25) is 0 Å². The lowest BCUT2D eigenvalue weighted by Crippen LogP contribution is -2.03. The van der Waals surface area contributed by atoms with Crippen molar-refractivity contribution in [2.75, 3.05) is 6.61 Å². The standard InChI is InChI=1S/C9H19O/c1-3-5-7-9(8-10)6-4-2/h9H,3-8H2,1-2H3. The lowest BCUT2D eigenvalue weighted by molar-refractivity contribution is 0.132. The van der Waals surface area contributed by atoms with Gasteiger partial charge < -0.3 is 0 Å².